The molecule has 0 spiro atoms. The SMILES string of the molecule is [2H]C([2H])([2H])ON1S(=O)(=O)c2cccc3cccc(c23)S1(=O)=O. The van der Waals surface area contributed by atoms with Crippen LogP contribution >= 0.6 is 0 Å². The minimum Gasteiger partial charge on any atom is -0.273 e. The largest absolute Gasteiger partial charge is 0.280 e. The van der Waals surface area contributed by atoms with Crippen molar-refractivity contribution in [3.63, 3.8) is 0 Å². The van der Waals surface area contributed by atoms with Gasteiger partial charge in [0.2, 0.25) is 0 Å². The molecule has 6 nitrogen and oxygen atoms in total. The molecule has 19 heavy (non-hydrogen) atoms. The summed E-state index contributed by atoms with van der Waals surface area (Å²) >= 11 is 0. The summed E-state index contributed by atoms with van der Waals surface area (Å²) in [5, 5.41) is 0.436. The molecule has 1 aliphatic rings. The van der Waals surface area contributed by atoms with Gasteiger partial charge in [-0.2, -0.15) is 0 Å². The van der Waals surface area contributed by atoms with Gasteiger partial charge in [0.1, 0.15) is 0 Å². The van der Waals surface area contributed by atoms with E-state index in [0.717, 1.165) is 0 Å². The molecule has 0 atom stereocenters. The predicted molar refractivity (Wildman–Crippen MR) is 67.2 cm³/mol. The first-order valence-electron chi connectivity index (χ1n) is 6.56. The first-order chi connectivity index (χ1) is 10.0. The van der Waals surface area contributed by atoms with Crippen molar-refractivity contribution in [3.05, 3.63) is 36.4 Å². The monoisotopic (exact) mass is 302 g/mol. The molecule has 0 N–H and O–H groups in total. The van der Waals surface area contributed by atoms with E-state index in [0.29, 0.717) is 5.39 Å². The van der Waals surface area contributed by atoms with E-state index in [1.54, 1.807) is 12.1 Å². The highest BCUT2D eigenvalue weighted by molar-refractivity contribution is 8.04. The van der Waals surface area contributed by atoms with Gasteiger partial charge in [-0.25, -0.2) is 16.8 Å². The van der Waals surface area contributed by atoms with Gasteiger partial charge in [0, 0.05) is 9.26 Å². The van der Waals surface area contributed by atoms with Crippen molar-refractivity contribution < 1.29 is 25.8 Å². The summed E-state index contributed by atoms with van der Waals surface area (Å²) < 4.78 is 70.4. The van der Waals surface area contributed by atoms with E-state index in [1.165, 1.54) is 24.3 Å². The van der Waals surface area contributed by atoms with Crippen LogP contribution in [0.2, 0.25) is 0 Å². The van der Waals surface area contributed by atoms with Gasteiger partial charge >= 0.3 is 0 Å². The smallest absolute Gasteiger partial charge is 0.273 e. The highest BCUT2D eigenvalue weighted by Crippen LogP contribution is 2.38. The average molecular weight is 302 g/mol. The molecular formula is C11H9NO5S2. The zero-order valence-electron chi connectivity index (χ0n) is 12.3. The predicted octanol–water partition coefficient (Wildman–Crippen LogP) is 1.09. The number of nitrogens with zero attached hydrogens (tertiary/aromatic N) is 1. The van der Waals surface area contributed by atoms with Crippen LogP contribution in [0.1, 0.15) is 4.11 Å². The van der Waals surface area contributed by atoms with Crippen molar-refractivity contribution in [1.29, 1.82) is 0 Å². The number of hydrogen-bond donors (Lipinski definition) is 0. The van der Waals surface area contributed by atoms with Crippen molar-refractivity contribution in [1.82, 2.24) is 3.87 Å². The molecule has 3 rings (SSSR count). The molecular weight excluding hydrogens is 290 g/mol. The third-order valence-corrected chi connectivity index (χ3v) is 6.75. The lowest BCUT2D eigenvalue weighted by Crippen LogP contribution is -2.38. The Hall–Kier alpha value is -1.48. The lowest BCUT2D eigenvalue weighted by Gasteiger charge is -2.25. The molecule has 1 aliphatic heterocycles. The van der Waals surface area contributed by atoms with Crippen molar-refractivity contribution >= 4 is 30.8 Å². The fourth-order valence-corrected chi connectivity index (χ4v) is 5.66. The van der Waals surface area contributed by atoms with Gasteiger partial charge in [-0.1, -0.05) is 24.3 Å². The van der Waals surface area contributed by atoms with E-state index >= 15 is 0 Å². The Balaban J connectivity index is 2.43. The van der Waals surface area contributed by atoms with E-state index in [1.807, 2.05) is 0 Å². The normalized spacial score (nSPS) is 23.5. The van der Waals surface area contributed by atoms with Gasteiger partial charge in [0.15, 0.2) is 0 Å². The molecule has 2 aromatic rings. The molecule has 0 fully saturated rings. The van der Waals surface area contributed by atoms with Gasteiger partial charge in [-0.05, 0) is 17.5 Å². The first kappa shape index (κ1) is 9.43. The van der Waals surface area contributed by atoms with Crippen LogP contribution in [0.4, 0.5) is 0 Å². The molecule has 0 bridgehead atoms. The van der Waals surface area contributed by atoms with Gasteiger partial charge in [0.25, 0.3) is 20.0 Å². The topological polar surface area (TPSA) is 80.8 Å². The molecule has 2 aromatic carbocycles. The van der Waals surface area contributed by atoms with Crippen LogP contribution in [-0.2, 0) is 24.9 Å². The van der Waals surface area contributed by atoms with Crippen LogP contribution in [-0.4, -0.2) is 27.7 Å². The second kappa shape index (κ2) is 3.76. The second-order valence-electron chi connectivity index (χ2n) is 3.88. The second-order valence-corrected chi connectivity index (χ2v) is 7.55. The first-order valence-corrected chi connectivity index (χ1v) is 7.94. The molecule has 0 amide bonds. The summed E-state index contributed by atoms with van der Waals surface area (Å²) in [6.07, 6.45) is 0. The van der Waals surface area contributed by atoms with Crippen LogP contribution in [0.15, 0.2) is 46.2 Å². The fourth-order valence-electron chi connectivity index (χ4n) is 2.09. The van der Waals surface area contributed by atoms with E-state index in [9.17, 15) is 16.8 Å². The minimum atomic E-state index is -4.67. The third kappa shape index (κ3) is 1.48. The molecule has 0 aromatic heterocycles. The van der Waals surface area contributed by atoms with Crippen molar-refractivity contribution in [2.24, 2.45) is 0 Å². The van der Waals surface area contributed by atoms with Crippen LogP contribution in [0.5, 0.6) is 0 Å². The molecule has 0 saturated carbocycles. The zero-order valence-corrected chi connectivity index (χ0v) is 10.9. The molecule has 0 unspecified atom stereocenters. The average Bonchev–Trinajstić information content (AvgIpc) is 2.41. The molecule has 0 aliphatic carbocycles. The minimum absolute atomic E-state index is 0.0235. The van der Waals surface area contributed by atoms with Gasteiger partial charge in [-0.3, -0.25) is 4.84 Å². The summed E-state index contributed by atoms with van der Waals surface area (Å²) in [6.45, 7) is 0. The highest BCUT2D eigenvalue weighted by Gasteiger charge is 2.44. The van der Waals surface area contributed by atoms with E-state index in [2.05, 4.69) is 4.84 Å². The lowest BCUT2D eigenvalue weighted by atomic mass is 10.1. The van der Waals surface area contributed by atoms with Gasteiger partial charge < -0.3 is 0 Å². The van der Waals surface area contributed by atoms with Crippen LogP contribution < -0.4 is 0 Å². The number of sulfonamides is 2. The lowest BCUT2D eigenvalue weighted by molar-refractivity contribution is 0.0286. The Morgan fingerprint density at radius 1 is 1.00 bits per heavy atom. The highest BCUT2D eigenvalue weighted by atomic mass is 32.3. The fraction of sp³-hybridized carbons (Fsp3) is 0.0909. The summed E-state index contributed by atoms with van der Waals surface area (Å²) in [7, 11) is -12.6. The Morgan fingerprint density at radius 2 is 1.53 bits per heavy atom. The number of rotatable bonds is 1. The molecule has 100 valence electrons. The van der Waals surface area contributed by atoms with E-state index in [4.69, 9.17) is 4.11 Å². The Kier molecular flexibility index (Phi) is 1.87. The van der Waals surface area contributed by atoms with Gasteiger partial charge in [0.05, 0.1) is 20.9 Å². The quantitative estimate of drug-likeness (QED) is 0.788. The van der Waals surface area contributed by atoms with Crippen LogP contribution in [0.3, 0.4) is 0 Å². The van der Waals surface area contributed by atoms with Crippen molar-refractivity contribution in [3.8, 4) is 0 Å². The molecule has 0 saturated heterocycles. The van der Waals surface area contributed by atoms with E-state index < -0.39 is 31.0 Å². The standard InChI is InChI=1S/C11H9NO5S2/c1-17-12-18(13,14)9-6-2-4-8-5-3-7-10(11(8)9)19(12,15)16/h2-7H,1H3/i1D3. The summed E-state index contributed by atoms with van der Waals surface area (Å²) in [6, 6.07) is 8.40. The van der Waals surface area contributed by atoms with Crippen LogP contribution in [0.25, 0.3) is 10.8 Å². The molecule has 1 heterocycles. The Bertz CT molecular complexity index is 914. The van der Waals surface area contributed by atoms with Gasteiger partial charge in [-0.15, -0.1) is 0 Å². The summed E-state index contributed by atoms with van der Waals surface area (Å²) in [5.74, 6) is 0. The Morgan fingerprint density at radius 3 is 2.00 bits per heavy atom. The summed E-state index contributed by atoms with van der Waals surface area (Å²) in [4.78, 5) is 3.62. The maximum Gasteiger partial charge on any atom is 0.280 e. The zero-order chi connectivity index (χ0) is 16.3. The van der Waals surface area contributed by atoms with Crippen LogP contribution in [0, 0.1) is 0 Å². The third-order valence-electron chi connectivity index (χ3n) is 2.85. The van der Waals surface area contributed by atoms with Crippen molar-refractivity contribution in [2.75, 3.05) is 7.04 Å². The Labute approximate surface area is 114 Å². The maximum atomic E-state index is 12.5. The number of hydrogen-bond acceptors (Lipinski definition) is 5. The summed E-state index contributed by atoms with van der Waals surface area (Å²) in [5.41, 5.74) is 0. The maximum absolute atomic E-state index is 12.5. The van der Waals surface area contributed by atoms with Crippen molar-refractivity contribution in [2.45, 2.75) is 9.79 Å². The number of benzene rings is 2. The van der Waals surface area contributed by atoms with E-state index in [-0.39, 0.29) is 15.2 Å². The molecule has 8 heteroatoms. The molecule has 0 radical (unpaired) electrons.